The van der Waals surface area contributed by atoms with Gasteiger partial charge in [-0.25, -0.2) is 0 Å². The van der Waals surface area contributed by atoms with Gasteiger partial charge in [-0.2, -0.15) is 0 Å². The van der Waals surface area contributed by atoms with E-state index in [1.807, 2.05) is 0 Å². The van der Waals surface area contributed by atoms with E-state index in [-0.39, 0.29) is 5.91 Å². The molecule has 2 rings (SSSR count). The lowest BCUT2D eigenvalue weighted by atomic mass is 10.1. The number of anilines is 2. The number of hydrogen-bond donors (Lipinski definition) is 3. The average molecular weight is 283 g/mol. The average Bonchev–Trinajstić information content (AvgIpc) is 2.47. The van der Waals surface area contributed by atoms with Crippen LogP contribution in [0, 0.1) is 6.92 Å². The van der Waals surface area contributed by atoms with Crippen molar-refractivity contribution in [3.63, 3.8) is 0 Å². The molecular formula is C17H21N3O. The molecule has 0 saturated heterocycles. The molecule has 0 unspecified atom stereocenters. The van der Waals surface area contributed by atoms with Crippen molar-refractivity contribution < 1.29 is 4.79 Å². The molecule has 0 heterocycles. The van der Waals surface area contributed by atoms with Gasteiger partial charge in [-0.05, 0) is 37.1 Å². The fourth-order valence-corrected chi connectivity index (χ4v) is 2.25. The number of hydrogen-bond acceptors (Lipinski definition) is 3. The Bertz CT molecular complexity index is 638. The second kappa shape index (κ2) is 6.79. The maximum absolute atomic E-state index is 11.8. The van der Waals surface area contributed by atoms with Crippen molar-refractivity contribution in [2.45, 2.75) is 13.3 Å². The van der Waals surface area contributed by atoms with Crippen LogP contribution in [0.2, 0.25) is 0 Å². The molecule has 4 heteroatoms. The van der Waals surface area contributed by atoms with E-state index in [1.54, 1.807) is 25.2 Å². The van der Waals surface area contributed by atoms with E-state index in [0.717, 1.165) is 18.7 Å². The van der Waals surface area contributed by atoms with Crippen LogP contribution in [0.15, 0.2) is 42.5 Å². The summed E-state index contributed by atoms with van der Waals surface area (Å²) in [6, 6.07) is 13.7. The monoisotopic (exact) mass is 283 g/mol. The van der Waals surface area contributed by atoms with Crippen molar-refractivity contribution in [3.8, 4) is 0 Å². The molecule has 0 aliphatic heterocycles. The van der Waals surface area contributed by atoms with Crippen molar-refractivity contribution in [2.24, 2.45) is 0 Å². The van der Waals surface area contributed by atoms with Crippen molar-refractivity contribution in [3.05, 3.63) is 59.2 Å². The standard InChI is InChI=1S/C17H21N3O/c1-12-4-3-5-13(10-12)8-9-20-16-11-14(18)6-7-15(16)17(21)19-2/h3-7,10-11,20H,8-9,18H2,1-2H3,(H,19,21). The SMILES string of the molecule is CNC(=O)c1ccc(N)cc1NCCc1cccc(C)c1. The van der Waals surface area contributed by atoms with Crippen LogP contribution in [0.25, 0.3) is 0 Å². The Morgan fingerprint density at radius 2 is 2.00 bits per heavy atom. The maximum Gasteiger partial charge on any atom is 0.253 e. The third-order valence-electron chi connectivity index (χ3n) is 3.33. The zero-order chi connectivity index (χ0) is 15.2. The zero-order valence-electron chi connectivity index (χ0n) is 12.4. The molecule has 1 amide bonds. The first-order valence-electron chi connectivity index (χ1n) is 7.01. The number of nitrogen functional groups attached to an aromatic ring is 1. The van der Waals surface area contributed by atoms with Crippen LogP contribution in [0.3, 0.4) is 0 Å². The lowest BCUT2D eigenvalue weighted by molar-refractivity contribution is 0.0964. The van der Waals surface area contributed by atoms with E-state index < -0.39 is 0 Å². The fraction of sp³-hybridized carbons (Fsp3) is 0.235. The number of amides is 1. The van der Waals surface area contributed by atoms with Gasteiger partial charge < -0.3 is 16.4 Å². The summed E-state index contributed by atoms with van der Waals surface area (Å²) in [5, 5.41) is 5.93. The van der Waals surface area contributed by atoms with Crippen LogP contribution in [-0.2, 0) is 6.42 Å². The minimum atomic E-state index is -0.118. The number of nitrogens with two attached hydrogens (primary N) is 1. The fourth-order valence-electron chi connectivity index (χ4n) is 2.25. The van der Waals surface area contributed by atoms with Gasteiger partial charge in [-0.1, -0.05) is 29.8 Å². The first-order valence-corrected chi connectivity index (χ1v) is 7.01. The van der Waals surface area contributed by atoms with Gasteiger partial charge in [0.25, 0.3) is 5.91 Å². The zero-order valence-corrected chi connectivity index (χ0v) is 12.4. The molecule has 4 nitrogen and oxygen atoms in total. The highest BCUT2D eigenvalue weighted by Crippen LogP contribution is 2.19. The third-order valence-corrected chi connectivity index (χ3v) is 3.33. The van der Waals surface area contributed by atoms with Crippen LogP contribution in [0.5, 0.6) is 0 Å². The van der Waals surface area contributed by atoms with E-state index in [9.17, 15) is 4.79 Å². The van der Waals surface area contributed by atoms with Gasteiger partial charge in [0, 0.05) is 25.0 Å². The largest absolute Gasteiger partial charge is 0.399 e. The van der Waals surface area contributed by atoms with E-state index in [2.05, 4.69) is 41.8 Å². The van der Waals surface area contributed by atoms with Gasteiger partial charge in [0.2, 0.25) is 0 Å². The van der Waals surface area contributed by atoms with Gasteiger partial charge in [0.1, 0.15) is 0 Å². The highest BCUT2D eigenvalue weighted by molar-refractivity contribution is 6.00. The van der Waals surface area contributed by atoms with Crippen LogP contribution in [0.4, 0.5) is 11.4 Å². The molecule has 0 aliphatic carbocycles. The van der Waals surface area contributed by atoms with Crippen LogP contribution < -0.4 is 16.4 Å². The summed E-state index contributed by atoms with van der Waals surface area (Å²) in [5.41, 5.74) is 10.3. The minimum absolute atomic E-state index is 0.118. The number of aryl methyl sites for hydroxylation is 1. The molecule has 0 saturated carbocycles. The molecule has 0 radical (unpaired) electrons. The lowest BCUT2D eigenvalue weighted by Crippen LogP contribution is -2.20. The predicted octanol–water partition coefficient (Wildman–Crippen LogP) is 2.59. The highest BCUT2D eigenvalue weighted by Gasteiger charge is 2.09. The second-order valence-electron chi connectivity index (χ2n) is 5.05. The van der Waals surface area contributed by atoms with E-state index in [1.165, 1.54) is 11.1 Å². The van der Waals surface area contributed by atoms with E-state index in [0.29, 0.717) is 11.3 Å². The van der Waals surface area contributed by atoms with Crippen LogP contribution in [0.1, 0.15) is 21.5 Å². The van der Waals surface area contributed by atoms with Crippen molar-refractivity contribution in [1.82, 2.24) is 5.32 Å². The molecule has 0 aromatic heterocycles. The van der Waals surface area contributed by atoms with E-state index >= 15 is 0 Å². The minimum Gasteiger partial charge on any atom is -0.399 e. The first-order chi connectivity index (χ1) is 10.1. The van der Waals surface area contributed by atoms with Crippen LogP contribution >= 0.6 is 0 Å². The Morgan fingerprint density at radius 3 is 2.71 bits per heavy atom. The normalized spacial score (nSPS) is 10.2. The van der Waals surface area contributed by atoms with Crippen molar-refractivity contribution >= 4 is 17.3 Å². The molecule has 110 valence electrons. The number of nitrogens with one attached hydrogen (secondary N) is 2. The number of rotatable bonds is 5. The van der Waals surface area contributed by atoms with Gasteiger partial charge in [-0.3, -0.25) is 4.79 Å². The molecule has 0 spiro atoms. The summed E-state index contributed by atoms with van der Waals surface area (Å²) in [6.45, 7) is 2.83. The summed E-state index contributed by atoms with van der Waals surface area (Å²) in [4.78, 5) is 11.8. The van der Waals surface area contributed by atoms with E-state index in [4.69, 9.17) is 5.73 Å². The van der Waals surface area contributed by atoms with Gasteiger partial charge in [0.05, 0.1) is 5.56 Å². The second-order valence-corrected chi connectivity index (χ2v) is 5.05. The topological polar surface area (TPSA) is 67.2 Å². The summed E-state index contributed by atoms with van der Waals surface area (Å²) in [5.74, 6) is -0.118. The summed E-state index contributed by atoms with van der Waals surface area (Å²) in [7, 11) is 1.62. The Hall–Kier alpha value is -2.49. The van der Waals surface area contributed by atoms with Crippen molar-refractivity contribution in [1.29, 1.82) is 0 Å². The molecule has 0 bridgehead atoms. The smallest absolute Gasteiger partial charge is 0.253 e. The first kappa shape index (κ1) is 14.9. The Morgan fingerprint density at radius 1 is 1.19 bits per heavy atom. The molecule has 2 aromatic carbocycles. The maximum atomic E-state index is 11.8. The molecule has 4 N–H and O–H groups in total. The van der Waals surface area contributed by atoms with Crippen molar-refractivity contribution in [2.75, 3.05) is 24.6 Å². The van der Waals surface area contributed by atoms with Gasteiger partial charge >= 0.3 is 0 Å². The van der Waals surface area contributed by atoms with Gasteiger partial charge in [0.15, 0.2) is 0 Å². The molecule has 0 fully saturated rings. The number of carbonyl (C=O) groups is 1. The quantitative estimate of drug-likeness (QED) is 0.739. The van der Waals surface area contributed by atoms with Crippen LogP contribution in [-0.4, -0.2) is 19.5 Å². The Labute approximate surface area is 125 Å². The lowest BCUT2D eigenvalue weighted by Gasteiger charge is -2.12. The third kappa shape index (κ3) is 3.99. The summed E-state index contributed by atoms with van der Waals surface area (Å²) < 4.78 is 0. The number of carbonyl (C=O) groups excluding carboxylic acids is 1. The Balaban J connectivity index is 2.05. The predicted molar refractivity (Wildman–Crippen MR) is 87.6 cm³/mol. The van der Waals surface area contributed by atoms with Gasteiger partial charge in [-0.15, -0.1) is 0 Å². The molecular weight excluding hydrogens is 262 g/mol. The molecule has 0 aliphatic rings. The highest BCUT2D eigenvalue weighted by atomic mass is 16.1. The molecule has 2 aromatic rings. The Kier molecular flexibility index (Phi) is 4.82. The molecule has 0 atom stereocenters. The summed E-state index contributed by atoms with van der Waals surface area (Å²) >= 11 is 0. The number of benzene rings is 2. The molecule has 21 heavy (non-hydrogen) atoms. The summed E-state index contributed by atoms with van der Waals surface area (Å²) in [6.07, 6.45) is 0.893.